The lowest BCUT2D eigenvalue weighted by Gasteiger charge is -2.19. The Labute approximate surface area is 56.3 Å². The van der Waals surface area contributed by atoms with E-state index in [1.54, 1.807) is 18.3 Å². The first-order valence-electron chi connectivity index (χ1n) is 2.96. The topological polar surface area (TPSA) is 24.8 Å². The third kappa shape index (κ3) is 3.08. The molecule has 0 aromatic rings. The SMILES string of the molecule is C/C=N\N(C)C(C)OC. The van der Waals surface area contributed by atoms with Crippen molar-refractivity contribution in [3.63, 3.8) is 0 Å². The minimum absolute atomic E-state index is 0.0567. The molecule has 0 radical (unpaired) electrons. The zero-order valence-corrected chi connectivity index (χ0v) is 6.46. The molecule has 54 valence electrons. The molecule has 3 nitrogen and oxygen atoms in total. The maximum Gasteiger partial charge on any atom is 0.142 e. The molecule has 0 aromatic heterocycles. The van der Waals surface area contributed by atoms with E-state index in [1.165, 1.54) is 0 Å². The van der Waals surface area contributed by atoms with E-state index in [1.807, 2.05) is 20.9 Å². The van der Waals surface area contributed by atoms with Crippen molar-refractivity contribution >= 4 is 6.21 Å². The lowest BCUT2D eigenvalue weighted by atomic mass is 10.6. The van der Waals surface area contributed by atoms with Crippen molar-refractivity contribution in [2.45, 2.75) is 20.1 Å². The van der Waals surface area contributed by atoms with Crippen LogP contribution in [0.3, 0.4) is 0 Å². The molecule has 0 aliphatic heterocycles. The highest BCUT2D eigenvalue weighted by atomic mass is 16.5. The van der Waals surface area contributed by atoms with Gasteiger partial charge in [0.15, 0.2) is 0 Å². The van der Waals surface area contributed by atoms with Crippen LogP contribution >= 0.6 is 0 Å². The summed E-state index contributed by atoms with van der Waals surface area (Å²) in [6.45, 7) is 3.81. The predicted octanol–water partition coefficient (Wildman–Crippen LogP) is 0.916. The van der Waals surface area contributed by atoms with E-state index in [0.717, 1.165) is 0 Å². The molecule has 0 rings (SSSR count). The van der Waals surface area contributed by atoms with Crippen LogP contribution < -0.4 is 0 Å². The summed E-state index contributed by atoms with van der Waals surface area (Å²) in [6.07, 6.45) is 1.79. The lowest BCUT2D eigenvalue weighted by Crippen LogP contribution is -2.25. The van der Waals surface area contributed by atoms with Gasteiger partial charge >= 0.3 is 0 Å². The van der Waals surface area contributed by atoms with Crippen molar-refractivity contribution in [2.75, 3.05) is 14.2 Å². The van der Waals surface area contributed by atoms with Gasteiger partial charge in [-0.15, -0.1) is 0 Å². The lowest BCUT2D eigenvalue weighted by molar-refractivity contribution is -0.00159. The Kier molecular flexibility index (Phi) is 4.05. The number of hydrogen-bond acceptors (Lipinski definition) is 3. The summed E-state index contributed by atoms with van der Waals surface area (Å²) in [7, 11) is 3.53. The number of hydrazone groups is 1. The molecular formula is C6H14N2O. The number of nitrogens with zero attached hydrogens (tertiary/aromatic N) is 2. The fourth-order valence-electron chi connectivity index (χ4n) is 0.429. The van der Waals surface area contributed by atoms with Gasteiger partial charge in [0.05, 0.1) is 0 Å². The van der Waals surface area contributed by atoms with Crippen LogP contribution in [0.2, 0.25) is 0 Å². The second-order valence-corrected chi connectivity index (χ2v) is 1.78. The van der Waals surface area contributed by atoms with Crippen LogP contribution in [0.15, 0.2) is 5.10 Å². The van der Waals surface area contributed by atoms with Crippen molar-refractivity contribution in [1.29, 1.82) is 0 Å². The summed E-state index contributed by atoms with van der Waals surface area (Å²) < 4.78 is 4.98. The zero-order chi connectivity index (χ0) is 7.28. The van der Waals surface area contributed by atoms with Crippen LogP contribution in [0.5, 0.6) is 0 Å². The van der Waals surface area contributed by atoms with E-state index in [-0.39, 0.29) is 6.23 Å². The molecule has 0 saturated carbocycles. The molecule has 3 heteroatoms. The van der Waals surface area contributed by atoms with Crippen LogP contribution in [0.1, 0.15) is 13.8 Å². The van der Waals surface area contributed by atoms with Gasteiger partial charge in [0.1, 0.15) is 6.23 Å². The molecule has 0 heterocycles. The Hall–Kier alpha value is -0.570. The predicted molar refractivity (Wildman–Crippen MR) is 38.4 cm³/mol. The Morgan fingerprint density at radius 2 is 2.22 bits per heavy atom. The van der Waals surface area contributed by atoms with E-state index in [0.29, 0.717) is 0 Å². The van der Waals surface area contributed by atoms with Gasteiger partial charge in [0, 0.05) is 20.4 Å². The molecule has 0 spiro atoms. The summed E-state index contributed by atoms with van der Waals surface area (Å²) in [6, 6.07) is 0. The fraction of sp³-hybridized carbons (Fsp3) is 0.833. The van der Waals surface area contributed by atoms with Crippen LogP contribution in [0.25, 0.3) is 0 Å². The van der Waals surface area contributed by atoms with E-state index in [4.69, 9.17) is 4.74 Å². The van der Waals surface area contributed by atoms with E-state index in [2.05, 4.69) is 5.10 Å². The van der Waals surface area contributed by atoms with Gasteiger partial charge in [-0.2, -0.15) is 5.10 Å². The Balaban J connectivity index is 3.58. The van der Waals surface area contributed by atoms with Crippen molar-refractivity contribution in [3.8, 4) is 0 Å². The van der Waals surface area contributed by atoms with E-state index >= 15 is 0 Å². The van der Waals surface area contributed by atoms with Gasteiger partial charge in [-0.3, -0.25) is 5.01 Å². The maximum atomic E-state index is 4.98. The second kappa shape index (κ2) is 4.32. The molecule has 1 unspecified atom stereocenters. The van der Waals surface area contributed by atoms with Gasteiger partial charge in [-0.1, -0.05) is 0 Å². The van der Waals surface area contributed by atoms with Gasteiger partial charge in [-0.05, 0) is 13.8 Å². The van der Waals surface area contributed by atoms with Gasteiger partial charge in [0.25, 0.3) is 0 Å². The molecular weight excluding hydrogens is 116 g/mol. The zero-order valence-electron chi connectivity index (χ0n) is 6.46. The van der Waals surface area contributed by atoms with Gasteiger partial charge in [0.2, 0.25) is 0 Å². The van der Waals surface area contributed by atoms with Crippen LogP contribution in [-0.2, 0) is 4.74 Å². The second-order valence-electron chi connectivity index (χ2n) is 1.78. The van der Waals surface area contributed by atoms with E-state index in [9.17, 15) is 0 Å². The summed E-state index contributed by atoms with van der Waals surface area (Å²) in [5.41, 5.74) is 0. The average molecular weight is 130 g/mol. The molecule has 0 saturated heterocycles. The quantitative estimate of drug-likeness (QED) is 0.322. The minimum atomic E-state index is 0.0567. The monoisotopic (exact) mass is 130 g/mol. The van der Waals surface area contributed by atoms with Crippen LogP contribution in [-0.4, -0.2) is 31.6 Å². The first-order valence-corrected chi connectivity index (χ1v) is 2.96. The van der Waals surface area contributed by atoms with Gasteiger partial charge < -0.3 is 4.74 Å². The van der Waals surface area contributed by atoms with Crippen molar-refractivity contribution < 1.29 is 4.74 Å². The highest BCUT2D eigenvalue weighted by molar-refractivity contribution is 5.52. The molecule has 0 fully saturated rings. The molecule has 0 aromatic carbocycles. The molecule has 1 atom stereocenters. The number of rotatable bonds is 3. The summed E-state index contributed by atoms with van der Waals surface area (Å²) in [5.74, 6) is 0. The Morgan fingerprint density at radius 3 is 2.56 bits per heavy atom. The number of methoxy groups -OCH3 is 1. The summed E-state index contributed by atoms with van der Waals surface area (Å²) in [5, 5.41) is 5.73. The molecule has 9 heavy (non-hydrogen) atoms. The fourth-order valence-corrected chi connectivity index (χ4v) is 0.429. The Morgan fingerprint density at radius 1 is 1.67 bits per heavy atom. The van der Waals surface area contributed by atoms with E-state index < -0.39 is 0 Å². The third-order valence-electron chi connectivity index (χ3n) is 1.16. The third-order valence-corrected chi connectivity index (χ3v) is 1.16. The summed E-state index contributed by atoms with van der Waals surface area (Å²) >= 11 is 0. The van der Waals surface area contributed by atoms with Crippen LogP contribution in [0.4, 0.5) is 0 Å². The smallest absolute Gasteiger partial charge is 0.142 e. The molecule has 0 N–H and O–H groups in total. The van der Waals surface area contributed by atoms with Crippen molar-refractivity contribution in [2.24, 2.45) is 5.10 Å². The normalized spacial score (nSPS) is 14.2. The van der Waals surface area contributed by atoms with Gasteiger partial charge in [-0.25, -0.2) is 0 Å². The largest absolute Gasteiger partial charge is 0.360 e. The average Bonchev–Trinajstić information content (AvgIpc) is 1.87. The molecule has 0 aliphatic carbocycles. The molecule has 0 aliphatic rings. The first-order chi connectivity index (χ1) is 4.22. The molecule has 0 bridgehead atoms. The summed E-state index contributed by atoms with van der Waals surface area (Å²) in [4.78, 5) is 0. The highest BCUT2D eigenvalue weighted by Crippen LogP contribution is 1.93. The number of hydrogen-bond donors (Lipinski definition) is 0. The maximum absolute atomic E-state index is 4.98. The van der Waals surface area contributed by atoms with Crippen molar-refractivity contribution in [3.05, 3.63) is 0 Å². The highest BCUT2D eigenvalue weighted by Gasteiger charge is 2.00. The number of ether oxygens (including phenoxy) is 1. The molecule has 0 amide bonds. The van der Waals surface area contributed by atoms with Crippen LogP contribution in [0, 0.1) is 0 Å². The Bertz CT molecular complexity index is 93.1. The minimum Gasteiger partial charge on any atom is -0.360 e. The standard InChI is InChI=1S/C6H14N2O/c1-5-7-8(3)6(2)9-4/h5-6H,1-4H3/b7-5-. The first kappa shape index (κ1) is 8.43. The van der Waals surface area contributed by atoms with Crippen molar-refractivity contribution in [1.82, 2.24) is 5.01 Å².